The van der Waals surface area contributed by atoms with Gasteiger partial charge in [-0.3, -0.25) is 0 Å². The van der Waals surface area contributed by atoms with Crippen molar-refractivity contribution in [3.8, 4) is 0 Å². The van der Waals surface area contributed by atoms with Gasteiger partial charge in [0.05, 0.1) is 11.9 Å². The van der Waals surface area contributed by atoms with E-state index in [1.165, 1.54) is 11.5 Å². The van der Waals surface area contributed by atoms with Gasteiger partial charge >= 0.3 is 0 Å². The first-order valence-electron chi connectivity index (χ1n) is 3.72. The van der Waals surface area contributed by atoms with E-state index in [0.717, 1.165) is 10.5 Å². The number of fused-ring (bicyclic) bond motifs is 1. The summed E-state index contributed by atoms with van der Waals surface area (Å²) in [5, 5.41) is 3.86. The Morgan fingerprint density at radius 1 is 1.42 bits per heavy atom. The van der Waals surface area contributed by atoms with Crippen molar-refractivity contribution in [2.75, 3.05) is 0 Å². The largest absolute Gasteiger partial charge is 0.239 e. The Bertz CT molecular complexity index is 395. The van der Waals surface area contributed by atoms with Crippen molar-refractivity contribution in [1.29, 1.82) is 0 Å². The van der Waals surface area contributed by atoms with Gasteiger partial charge in [0.1, 0.15) is 0 Å². The van der Waals surface area contributed by atoms with Gasteiger partial charge in [0.15, 0.2) is 4.83 Å². The van der Waals surface area contributed by atoms with Gasteiger partial charge < -0.3 is 0 Å². The molecule has 0 N–H and O–H groups in total. The molecule has 62 valence electrons. The molecule has 0 fully saturated rings. The van der Waals surface area contributed by atoms with Crippen molar-refractivity contribution in [2.24, 2.45) is 0 Å². The van der Waals surface area contributed by atoms with Crippen LogP contribution in [0.1, 0.15) is 25.5 Å². The Morgan fingerprint density at radius 3 is 3.00 bits per heavy atom. The summed E-state index contributed by atoms with van der Waals surface area (Å²) in [5.74, 6) is 0.392. The molecule has 0 saturated carbocycles. The van der Waals surface area contributed by atoms with Crippen LogP contribution in [0.5, 0.6) is 0 Å². The van der Waals surface area contributed by atoms with Crippen LogP contribution in [0.3, 0.4) is 0 Å². The molecule has 2 rings (SSSR count). The average Bonchev–Trinajstić information content (AvgIpc) is 2.49. The molecule has 0 spiro atoms. The zero-order chi connectivity index (χ0) is 8.55. The summed E-state index contributed by atoms with van der Waals surface area (Å²) in [4.78, 5) is 9.31. The quantitative estimate of drug-likeness (QED) is 0.669. The first-order valence-corrected chi connectivity index (χ1v) is 4.49. The van der Waals surface area contributed by atoms with Crippen molar-refractivity contribution in [3.05, 3.63) is 11.9 Å². The molecule has 0 aliphatic carbocycles. The molecule has 0 bridgehead atoms. The smallest absolute Gasteiger partial charge is 0.213 e. The SMILES string of the molecule is CC(C)c1cnc2snnc2n1. The molecule has 4 nitrogen and oxygen atoms in total. The zero-order valence-electron chi connectivity index (χ0n) is 6.85. The highest BCUT2D eigenvalue weighted by Crippen LogP contribution is 2.14. The van der Waals surface area contributed by atoms with Gasteiger partial charge in [-0.05, 0) is 5.92 Å². The minimum atomic E-state index is 0.392. The number of hydrogen-bond acceptors (Lipinski definition) is 5. The molecule has 0 radical (unpaired) electrons. The summed E-state index contributed by atoms with van der Waals surface area (Å²) in [6.45, 7) is 4.16. The van der Waals surface area contributed by atoms with Crippen molar-refractivity contribution in [3.63, 3.8) is 0 Å². The molecule has 2 aromatic heterocycles. The molecule has 0 saturated heterocycles. The summed E-state index contributed by atoms with van der Waals surface area (Å²) in [7, 11) is 0. The lowest BCUT2D eigenvalue weighted by atomic mass is 10.1. The molecular weight excluding hydrogens is 172 g/mol. The first-order chi connectivity index (χ1) is 5.77. The topological polar surface area (TPSA) is 51.6 Å². The molecule has 2 aromatic rings. The maximum Gasteiger partial charge on any atom is 0.213 e. The molecule has 0 atom stereocenters. The van der Waals surface area contributed by atoms with Crippen LogP contribution in [0.2, 0.25) is 0 Å². The Labute approximate surface area is 73.8 Å². The third kappa shape index (κ3) is 1.16. The molecule has 0 aromatic carbocycles. The van der Waals surface area contributed by atoms with Gasteiger partial charge in [0.2, 0.25) is 5.65 Å². The van der Waals surface area contributed by atoms with E-state index in [1.54, 1.807) is 6.20 Å². The second-order valence-electron chi connectivity index (χ2n) is 2.85. The summed E-state index contributed by atoms with van der Waals surface area (Å²) in [5.41, 5.74) is 1.63. The van der Waals surface area contributed by atoms with Crippen LogP contribution in [-0.2, 0) is 0 Å². The second kappa shape index (κ2) is 2.75. The van der Waals surface area contributed by atoms with Crippen LogP contribution in [0.4, 0.5) is 0 Å². The summed E-state index contributed by atoms with van der Waals surface area (Å²) in [6.07, 6.45) is 1.78. The van der Waals surface area contributed by atoms with Gasteiger partial charge in [-0.2, -0.15) is 0 Å². The van der Waals surface area contributed by atoms with Crippen LogP contribution in [0, 0.1) is 0 Å². The number of aromatic nitrogens is 4. The molecule has 0 unspecified atom stereocenters. The van der Waals surface area contributed by atoms with E-state index in [9.17, 15) is 0 Å². The average molecular weight is 180 g/mol. The van der Waals surface area contributed by atoms with Crippen molar-refractivity contribution >= 4 is 22.0 Å². The highest BCUT2D eigenvalue weighted by atomic mass is 32.1. The van der Waals surface area contributed by atoms with E-state index in [2.05, 4.69) is 33.4 Å². The predicted molar refractivity (Wildman–Crippen MR) is 47.1 cm³/mol. The Kier molecular flexibility index (Phi) is 1.73. The van der Waals surface area contributed by atoms with E-state index >= 15 is 0 Å². The number of nitrogens with zero attached hydrogens (tertiary/aromatic N) is 4. The molecule has 2 heterocycles. The van der Waals surface area contributed by atoms with Crippen LogP contribution < -0.4 is 0 Å². The minimum absolute atomic E-state index is 0.392. The van der Waals surface area contributed by atoms with Crippen LogP contribution in [0.25, 0.3) is 10.5 Å². The highest BCUT2D eigenvalue weighted by Gasteiger charge is 2.05. The normalized spacial score (nSPS) is 11.2. The first kappa shape index (κ1) is 7.54. The molecule has 12 heavy (non-hydrogen) atoms. The lowest BCUT2D eigenvalue weighted by Crippen LogP contribution is -1.93. The van der Waals surface area contributed by atoms with Crippen molar-refractivity contribution in [2.45, 2.75) is 19.8 Å². The van der Waals surface area contributed by atoms with Crippen LogP contribution in [-0.4, -0.2) is 19.6 Å². The third-order valence-corrected chi connectivity index (χ3v) is 2.22. The number of rotatable bonds is 1. The monoisotopic (exact) mass is 180 g/mol. The van der Waals surface area contributed by atoms with E-state index in [4.69, 9.17) is 0 Å². The molecular formula is C7H8N4S. The van der Waals surface area contributed by atoms with E-state index < -0.39 is 0 Å². The highest BCUT2D eigenvalue weighted by molar-refractivity contribution is 7.12. The van der Waals surface area contributed by atoms with Gasteiger partial charge in [-0.25, -0.2) is 9.97 Å². The van der Waals surface area contributed by atoms with Gasteiger partial charge in [0, 0.05) is 11.5 Å². The molecule has 0 amide bonds. The fourth-order valence-electron chi connectivity index (χ4n) is 0.887. The minimum Gasteiger partial charge on any atom is -0.239 e. The van der Waals surface area contributed by atoms with Gasteiger partial charge in [-0.15, -0.1) is 5.10 Å². The predicted octanol–water partition coefficient (Wildman–Crippen LogP) is 1.60. The summed E-state index contributed by atoms with van der Waals surface area (Å²) < 4.78 is 3.77. The van der Waals surface area contributed by atoms with E-state index in [0.29, 0.717) is 11.6 Å². The summed E-state index contributed by atoms with van der Waals surface area (Å²) in [6, 6.07) is 0. The maximum absolute atomic E-state index is 4.31. The lowest BCUT2D eigenvalue weighted by molar-refractivity contribution is 0.819. The van der Waals surface area contributed by atoms with Crippen molar-refractivity contribution < 1.29 is 0 Å². The molecule has 0 aliphatic rings. The Hall–Kier alpha value is -1.10. The number of hydrogen-bond donors (Lipinski definition) is 0. The van der Waals surface area contributed by atoms with Crippen LogP contribution in [0.15, 0.2) is 6.20 Å². The summed E-state index contributed by atoms with van der Waals surface area (Å²) >= 11 is 1.27. The van der Waals surface area contributed by atoms with E-state index in [1.807, 2.05) is 0 Å². The Balaban J connectivity index is 2.60. The van der Waals surface area contributed by atoms with Gasteiger partial charge in [-0.1, -0.05) is 18.3 Å². The fourth-order valence-corrected chi connectivity index (χ4v) is 1.35. The third-order valence-electron chi connectivity index (χ3n) is 1.59. The standard InChI is InChI=1S/C7H8N4S/c1-4(2)5-3-8-7-6(9-5)10-11-12-7/h3-4H,1-2H3. The zero-order valence-corrected chi connectivity index (χ0v) is 7.67. The lowest BCUT2D eigenvalue weighted by Gasteiger charge is -2.00. The van der Waals surface area contributed by atoms with E-state index in [-0.39, 0.29) is 0 Å². The van der Waals surface area contributed by atoms with Crippen molar-refractivity contribution in [1.82, 2.24) is 19.6 Å². The fraction of sp³-hybridized carbons (Fsp3) is 0.429. The molecule has 5 heteroatoms. The molecule has 0 aliphatic heterocycles. The maximum atomic E-state index is 4.31. The Morgan fingerprint density at radius 2 is 2.25 bits per heavy atom. The second-order valence-corrected chi connectivity index (χ2v) is 3.58. The van der Waals surface area contributed by atoms with Crippen LogP contribution >= 0.6 is 11.5 Å². The van der Waals surface area contributed by atoms with Gasteiger partial charge in [0.25, 0.3) is 0 Å².